The summed E-state index contributed by atoms with van der Waals surface area (Å²) in [6.45, 7) is 19.0. The molecule has 5 rings (SSSR count). The zero-order chi connectivity index (χ0) is 41.1. The Labute approximate surface area is 329 Å². The highest BCUT2D eigenvalue weighted by Gasteiger charge is 2.71. The molecule has 3 fully saturated rings. The van der Waals surface area contributed by atoms with E-state index in [-0.39, 0.29) is 45.9 Å². The standard InChI is InChI=1S/C38H54N6O8S3/c1-11-23-20-38(23,33(47)42-54(49,50)24-16-13-12-14-17-24)41-31(45)29-28-25(37(28,8)9)21-44(29)32(46)30(36(5,6)7)40-34(48)39-26(35(2,3)4)22-43(10)55(51,52)27-18-15-19-53-27/h11-19,23,25-26,28-30H,1,20-22H2,2-10H3,(H,41,45)(H,42,47)(H2,39,40,48)/t23-,25+,26-,28?,29+,30-,38-/m1/s1. The molecule has 1 aromatic heterocycles. The number of fused-ring (bicyclic) bond motifs is 1. The Balaban J connectivity index is 1.35. The smallest absolute Gasteiger partial charge is 0.315 e. The van der Waals surface area contributed by atoms with E-state index < -0.39 is 84.2 Å². The number of urea groups is 1. The van der Waals surface area contributed by atoms with Crippen molar-refractivity contribution in [3.63, 3.8) is 0 Å². The van der Waals surface area contributed by atoms with Crippen LogP contribution < -0.4 is 20.7 Å². The third-order valence-corrected chi connectivity index (χ3v) is 16.0. The number of thiophene rings is 1. The number of hydrogen-bond donors (Lipinski definition) is 4. The van der Waals surface area contributed by atoms with Crippen LogP contribution in [0.3, 0.4) is 0 Å². The number of rotatable bonds is 13. The number of hydrogen-bond acceptors (Lipinski definition) is 9. The van der Waals surface area contributed by atoms with Crippen molar-refractivity contribution in [2.45, 2.75) is 94.6 Å². The van der Waals surface area contributed by atoms with Gasteiger partial charge in [-0.05, 0) is 58.1 Å². The highest BCUT2D eigenvalue weighted by molar-refractivity contribution is 7.91. The number of nitrogens with one attached hydrogen (secondary N) is 4. The van der Waals surface area contributed by atoms with Gasteiger partial charge in [0.1, 0.15) is 21.8 Å². The van der Waals surface area contributed by atoms with E-state index in [1.54, 1.807) is 38.3 Å². The molecule has 302 valence electrons. The molecular formula is C38H54N6O8S3. The van der Waals surface area contributed by atoms with E-state index in [1.165, 1.54) is 52.7 Å². The van der Waals surface area contributed by atoms with Crippen molar-refractivity contribution in [2.24, 2.45) is 34.0 Å². The third kappa shape index (κ3) is 8.35. The number of piperidine rings is 1. The van der Waals surface area contributed by atoms with E-state index in [9.17, 15) is 36.0 Å². The summed E-state index contributed by atoms with van der Waals surface area (Å²) in [5.74, 6) is -2.79. The number of amides is 5. The highest BCUT2D eigenvalue weighted by atomic mass is 32.2. The quantitative estimate of drug-likeness (QED) is 0.221. The topological polar surface area (TPSA) is 191 Å². The van der Waals surface area contributed by atoms with Crippen molar-refractivity contribution in [1.29, 1.82) is 0 Å². The molecule has 4 N–H and O–H groups in total. The summed E-state index contributed by atoms with van der Waals surface area (Å²) >= 11 is 1.10. The first kappa shape index (κ1) is 42.3. The Kier molecular flexibility index (Phi) is 11.2. The Morgan fingerprint density at radius 2 is 1.62 bits per heavy atom. The molecule has 3 aliphatic rings. The van der Waals surface area contributed by atoms with E-state index in [4.69, 9.17) is 0 Å². The van der Waals surface area contributed by atoms with Crippen LogP contribution in [-0.2, 0) is 34.4 Å². The zero-order valence-electron chi connectivity index (χ0n) is 32.9. The first-order chi connectivity index (χ1) is 25.3. The van der Waals surface area contributed by atoms with E-state index >= 15 is 0 Å². The molecule has 0 spiro atoms. The Bertz CT molecular complexity index is 2040. The molecule has 55 heavy (non-hydrogen) atoms. The molecule has 2 aromatic rings. The summed E-state index contributed by atoms with van der Waals surface area (Å²) in [5.41, 5.74) is -3.28. The van der Waals surface area contributed by atoms with Crippen LogP contribution in [0, 0.1) is 34.0 Å². The second kappa shape index (κ2) is 14.6. The van der Waals surface area contributed by atoms with Crippen LogP contribution in [-0.4, -0.2) is 93.6 Å². The zero-order valence-corrected chi connectivity index (χ0v) is 35.3. The van der Waals surface area contributed by atoms with Crippen molar-refractivity contribution in [1.82, 2.24) is 29.9 Å². The fraction of sp³-hybridized carbons (Fsp3) is 0.579. The van der Waals surface area contributed by atoms with Gasteiger partial charge in [0, 0.05) is 32.1 Å². The summed E-state index contributed by atoms with van der Waals surface area (Å²) < 4.78 is 56.0. The lowest BCUT2D eigenvalue weighted by atomic mass is 9.85. The molecule has 5 amide bonds. The third-order valence-electron chi connectivity index (χ3n) is 11.4. The highest BCUT2D eigenvalue weighted by Crippen LogP contribution is 2.65. The van der Waals surface area contributed by atoms with Crippen LogP contribution in [0.15, 0.2) is 69.6 Å². The van der Waals surface area contributed by atoms with E-state index in [2.05, 4.69) is 27.3 Å². The van der Waals surface area contributed by atoms with Gasteiger partial charge >= 0.3 is 6.03 Å². The van der Waals surface area contributed by atoms with Gasteiger partial charge in [-0.25, -0.2) is 26.4 Å². The fourth-order valence-corrected chi connectivity index (χ4v) is 11.1. The lowest BCUT2D eigenvalue weighted by Gasteiger charge is -2.39. The van der Waals surface area contributed by atoms with Gasteiger partial charge in [0.25, 0.3) is 26.0 Å². The van der Waals surface area contributed by atoms with Crippen LogP contribution in [0.4, 0.5) is 4.79 Å². The minimum Gasteiger partial charge on any atom is -0.339 e. The molecule has 2 aliphatic carbocycles. The van der Waals surface area contributed by atoms with Gasteiger partial charge in [-0.3, -0.25) is 14.4 Å². The molecule has 2 heterocycles. The number of sulfonamides is 2. The molecule has 1 unspecified atom stereocenters. The SMILES string of the molecule is C=C[C@@H]1C[C@]1(NC(=O)[C@@H]1C2[C@H](CN1C(=O)[C@@H](NC(=O)N[C@H](CN(C)S(=O)(=O)c1cccs1)C(C)(C)C)C(C)(C)C)C2(C)C)C(=O)NS(=O)(=O)c1ccccc1. The van der Waals surface area contributed by atoms with Crippen LogP contribution in [0.25, 0.3) is 0 Å². The summed E-state index contributed by atoms with van der Waals surface area (Å²) in [4.78, 5) is 57.7. The maximum absolute atomic E-state index is 14.6. The van der Waals surface area contributed by atoms with Crippen LogP contribution in [0.1, 0.15) is 61.8 Å². The van der Waals surface area contributed by atoms with Gasteiger partial charge in [0.05, 0.1) is 4.90 Å². The predicted octanol–water partition coefficient (Wildman–Crippen LogP) is 3.55. The number of likely N-dealkylation sites (N-methyl/N-ethyl adjacent to an activating group) is 1. The van der Waals surface area contributed by atoms with Crippen molar-refractivity contribution in [3.05, 3.63) is 60.5 Å². The second-order valence-electron chi connectivity index (χ2n) is 17.7. The first-order valence-electron chi connectivity index (χ1n) is 18.2. The van der Waals surface area contributed by atoms with Crippen LogP contribution in [0.2, 0.25) is 0 Å². The molecule has 2 saturated carbocycles. The van der Waals surface area contributed by atoms with Gasteiger partial charge in [0.2, 0.25) is 11.8 Å². The molecule has 0 radical (unpaired) electrons. The maximum Gasteiger partial charge on any atom is 0.315 e. The number of carbonyl (C=O) groups is 4. The molecule has 1 aromatic carbocycles. The fourth-order valence-electron chi connectivity index (χ4n) is 7.61. The lowest BCUT2D eigenvalue weighted by Crippen LogP contribution is -2.63. The molecule has 14 nitrogen and oxygen atoms in total. The van der Waals surface area contributed by atoms with E-state index in [0.29, 0.717) is 0 Å². The average Bonchev–Trinajstić information content (AvgIpc) is 3.62. The molecule has 7 atom stereocenters. The summed E-state index contributed by atoms with van der Waals surface area (Å²) in [5, 5.41) is 10.3. The molecular weight excluding hydrogens is 765 g/mol. The average molecular weight is 819 g/mol. The van der Waals surface area contributed by atoms with Crippen molar-refractivity contribution in [3.8, 4) is 0 Å². The van der Waals surface area contributed by atoms with Crippen molar-refractivity contribution in [2.75, 3.05) is 20.1 Å². The van der Waals surface area contributed by atoms with Gasteiger partial charge in [-0.15, -0.1) is 17.9 Å². The van der Waals surface area contributed by atoms with Crippen LogP contribution in [0.5, 0.6) is 0 Å². The summed E-state index contributed by atoms with van der Waals surface area (Å²) in [6, 6.07) is 7.16. The predicted molar refractivity (Wildman–Crippen MR) is 209 cm³/mol. The van der Waals surface area contributed by atoms with E-state index in [1.807, 2.05) is 34.6 Å². The van der Waals surface area contributed by atoms with Gasteiger partial charge in [0.15, 0.2) is 0 Å². The Morgan fingerprint density at radius 1 is 0.982 bits per heavy atom. The largest absolute Gasteiger partial charge is 0.339 e. The second-order valence-corrected chi connectivity index (χ2v) is 22.6. The lowest BCUT2D eigenvalue weighted by molar-refractivity contribution is -0.144. The summed E-state index contributed by atoms with van der Waals surface area (Å²) in [7, 11) is -6.59. The number of carbonyl (C=O) groups excluding carboxylic acids is 4. The van der Waals surface area contributed by atoms with Gasteiger partial charge < -0.3 is 20.9 Å². The maximum atomic E-state index is 14.6. The molecule has 0 bridgehead atoms. The number of nitrogens with zero attached hydrogens (tertiary/aromatic N) is 2. The molecule has 17 heteroatoms. The van der Waals surface area contributed by atoms with Crippen molar-refractivity contribution >= 4 is 55.1 Å². The molecule has 1 aliphatic heterocycles. The number of likely N-dealkylation sites (tertiary alicyclic amines) is 1. The van der Waals surface area contributed by atoms with Crippen LogP contribution >= 0.6 is 11.3 Å². The van der Waals surface area contributed by atoms with Gasteiger partial charge in [-0.1, -0.05) is 85.7 Å². The minimum atomic E-state index is -4.24. The van der Waals surface area contributed by atoms with Crippen molar-refractivity contribution < 1.29 is 36.0 Å². The monoisotopic (exact) mass is 818 g/mol. The minimum absolute atomic E-state index is 0.0228. The summed E-state index contributed by atoms with van der Waals surface area (Å²) in [6.07, 6.45) is 1.62. The molecule has 1 saturated heterocycles. The normalized spacial score (nSPS) is 25.6. The number of benzene rings is 1. The van der Waals surface area contributed by atoms with E-state index in [0.717, 1.165) is 11.3 Å². The Hall–Kier alpha value is -3.80. The first-order valence-corrected chi connectivity index (χ1v) is 22.0. The Morgan fingerprint density at radius 3 is 2.15 bits per heavy atom. The van der Waals surface area contributed by atoms with Gasteiger partial charge in [-0.2, -0.15) is 4.31 Å².